The predicted molar refractivity (Wildman–Crippen MR) is 85.7 cm³/mol. The zero-order valence-electron chi connectivity index (χ0n) is 12.4. The van der Waals surface area contributed by atoms with Crippen LogP contribution in [0.5, 0.6) is 0 Å². The van der Waals surface area contributed by atoms with E-state index in [1.54, 1.807) is 6.20 Å². The second-order valence-corrected chi connectivity index (χ2v) is 6.86. The van der Waals surface area contributed by atoms with Gasteiger partial charge in [-0.05, 0) is 49.3 Å². The molecule has 20 heavy (non-hydrogen) atoms. The Balaban J connectivity index is 1.91. The van der Waals surface area contributed by atoms with Gasteiger partial charge < -0.3 is 14.5 Å². The van der Waals surface area contributed by atoms with Crippen molar-refractivity contribution in [3.8, 4) is 0 Å². The summed E-state index contributed by atoms with van der Waals surface area (Å²) in [5, 5.41) is 0. The smallest absolute Gasteiger partial charge is 0.182 e. The van der Waals surface area contributed by atoms with Crippen molar-refractivity contribution in [3.05, 3.63) is 35.4 Å². The zero-order chi connectivity index (χ0) is 14.8. The minimum atomic E-state index is -0.192. The molecule has 0 radical (unpaired) electrons. The summed E-state index contributed by atoms with van der Waals surface area (Å²) in [7, 11) is 0. The van der Waals surface area contributed by atoms with E-state index in [9.17, 15) is 0 Å². The fourth-order valence-corrected chi connectivity index (χ4v) is 2.56. The van der Waals surface area contributed by atoms with Gasteiger partial charge in [-0.3, -0.25) is 4.98 Å². The summed E-state index contributed by atoms with van der Waals surface area (Å²) in [4.78, 5) is 8.75. The van der Waals surface area contributed by atoms with Crippen LogP contribution in [0.2, 0.25) is 0 Å². The standard InChI is InChI=1S/C15H22BrN3O/c1-12(20-15(2,3)4)18-5-7-19(8-6-18)14-9-13(16)10-17-11-14/h9-11H,1,5-8H2,2-4H3. The zero-order valence-corrected chi connectivity index (χ0v) is 14.0. The molecule has 1 aromatic rings. The molecular formula is C15H22BrN3O. The van der Waals surface area contributed by atoms with Crippen molar-refractivity contribution in [1.82, 2.24) is 9.88 Å². The first-order valence-corrected chi connectivity index (χ1v) is 7.63. The SMILES string of the molecule is C=C(OC(C)(C)C)N1CCN(c2cncc(Br)c2)CC1. The number of halogens is 1. The predicted octanol–water partition coefficient (Wildman–Crippen LogP) is 3.25. The summed E-state index contributed by atoms with van der Waals surface area (Å²) in [6, 6.07) is 2.10. The number of anilines is 1. The lowest BCUT2D eigenvalue weighted by Gasteiger charge is -2.39. The monoisotopic (exact) mass is 339 g/mol. The number of pyridine rings is 1. The molecular weight excluding hydrogens is 318 g/mol. The van der Waals surface area contributed by atoms with Crippen LogP contribution in [0.1, 0.15) is 20.8 Å². The molecule has 0 amide bonds. The van der Waals surface area contributed by atoms with Crippen molar-refractivity contribution in [2.24, 2.45) is 0 Å². The van der Waals surface area contributed by atoms with Crippen molar-refractivity contribution in [2.75, 3.05) is 31.1 Å². The third-order valence-electron chi connectivity index (χ3n) is 3.11. The molecule has 0 N–H and O–H groups in total. The maximum absolute atomic E-state index is 5.83. The Kier molecular flexibility index (Phi) is 4.58. The Morgan fingerprint density at radius 1 is 1.25 bits per heavy atom. The highest BCUT2D eigenvalue weighted by atomic mass is 79.9. The Morgan fingerprint density at radius 2 is 1.90 bits per heavy atom. The average molecular weight is 340 g/mol. The van der Waals surface area contributed by atoms with E-state index in [1.807, 2.05) is 27.0 Å². The molecule has 0 aromatic carbocycles. The maximum atomic E-state index is 5.83. The normalized spacial score (nSPS) is 16.2. The van der Waals surface area contributed by atoms with E-state index < -0.39 is 0 Å². The molecule has 5 heteroatoms. The van der Waals surface area contributed by atoms with Crippen molar-refractivity contribution >= 4 is 21.6 Å². The van der Waals surface area contributed by atoms with Gasteiger partial charge in [-0.1, -0.05) is 0 Å². The van der Waals surface area contributed by atoms with Crippen LogP contribution in [0.3, 0.4) is 0 Å². The van der Waals surface area contributed by atoms with E-state index in [-0.39, 0.29) is 5.60 Å². The van der Waals surface area contributed by atoms with E-state index in [0.717, 1.165) is 42.2 Å². The summed E-state index contributed by atoms with van der Waals surface area (Å²) in [5.74, 6) is 0.768. The molecule has 0 aliphatic carbocycles. The Bertz CT molecular complexity index is 476. The molecule has 0 unspecified atom stereocenters. The van der Waals surface area contributed by atoms with E-state index in [1.165, 1.54) is 0 Å². The molecule has 1 aliphatic rings. The Morgan fingerprint density at radius 3 is 2.45 bits per heavy atom. The summed E-state index contributed by atoms with van der Waals surface area (Å²) in [6.07, 6.45) is 3.71. The highest BCUT2D eigenvalue weighted by molar-refractivity contribution is 9.10. The molecule has 1 fully saturated rings. The first-order valence-electron chi connectivity index (χ1n) is 6.83. The molecule has 0 saturated carbocycles. The summed E-state index contributed by atoms with van der Waals surface area (Å²) in [5.41, 5.74) is 0.962. The number of hydrogen-bond donors (Lipinski definition) is 0. The van der Waals surface area contributed by atoms with Gasteiger partial charge in [-0.25, -0.2) is 0 Å². The Hall–Kier alpha value is -1.23. The molecule has 2 heterocycles. The van der Waals surface area contributed by atoms with Gasteiger partial charge in [0.25, 0.3) is 0 Å². The summed E-state index contributed by atoms with van der Waals surface area (Å²) in [6.45, 7) is 13.9. The number of nitrogens with zero attached hydrogens (tertiary/aromatic N) is 3. The second kappa shape index (κ2) is 6.04. The van der Waals surface area contributed by atoms with Gasteiger partial charge in [0, 0.05) is 36.8 Å². The molecule has 110 valence electrons. The van der Waals surface area contributed by atoms with Crippen molar-refractivity contribution < 1.29 is 4.74 Å². The fourth-order valence-electron chi connectivity index (χ4n) is 2.21. The number of aromatic nitrogens is 1. The molecule has 4 nitrogen and oxygen atoms in total. The lowest BCUT2D eigenvalue weighted by atomic mass is 10.2. The van der Waals surface area contributed by atoms with Gasteiger partial charge in [0.1, 0.15) is 5.60 Å². The molecule has 1 saturated heterocycles. The van der Waals surface area contributed by atoms with Gasteiger partial charge in [0.2, 0.25) is 0 Å². The van der Waals surface area contributed by atoms with Crippen LogP contribution < -0.4 is 4.90 Å². The van der Waals surface area contributed by atoms with Crippen molar-refractivity contribution in [3.63, 3.8) is 0 Å². The molecule has 1 aliphatic heterocycles. The van der Waals surface area contributed by atoms with Crippen LogP contribution in [0.15, 0.2) is 35.4 Å². The quantitative estimate of drug-likeness (QED) is 0.790. The number of piperazine rings is 1. The highest BCUT2D eigenvalue weighted by Crippen LogP contribution is 2.22. The lowest BCUT2D eigenvalue weighted by molar-refractivity contribution is 0.00167. The maximum Gasteiger partial charge on any atom is 0.182 e. The van der Waals surface area contributed by atoms with E-state index in [2.05, 4.69) is 43.4 Å². The topological polar surface area (TPSA) is 28.6 Å². The molecule has 2 rings (SSSR count). The van der Waals surface area contributed by atoms with Gasteiger partial charge in [0.15, 0.2) is 5.88 Å². The minimum Gasteiger partial charge on any atom is -0.474 e. The third kappa shape index (κ3) is 4.13. The number of ether oxygens (including phenoxy) is 1. The van der Waals surface area contributed by atoms with E-state index in [0.29, 0.717) is 0 Å². The first-order chi connectivity index (χ1) is 9.35. The van der Waals surface area contributed by atoms with Gasteiger partial charge in [0.05, 0.1) is 11.9 Å². The van der Waals surface area contributed by atoms with Crippen molar-refractivity contribution in [2.45, 2.75) is 26.4 Å². The third-order valence-corrected chi connectivity index (χ3v) is 3.55. The minimum absolute atomic E-state index is 0.192. The number of hydrogen-bond acceptors (Lipinski definition) is 4. The van der Waals surface area contributed by atoms with Crippen molar-refractivity contribution in [1.29, 1.82) is 0 Å². The first kappa shape index (κ1) is 15.2. The average Bonchev–Trinajstić information content (AvgIpc) is 2.37. The van der Waals surface area contributed by atoms with Crippen LogP contribution in [-0.4, -0.2) is 41.7 Å². The van der Waals surface area contributed by atoms with Gasteiger partial charge >= 0.3 is 0 Å². The van der Waals surface area contributed by atoms with Crippen LogP contribution >= 0.6 is 15.9 Å². The number of rotatable bonds is 3. The second-order valence-electron chi connectivity index (χ2n) is 5.94. The van der Waals surface area contributed by atoms with Crippen LogP contribution in [0.25, 0.3) is 0 Å². The van der Waals surface area contributed by atoms with Crippen LogP contribution in [0.4, 0.5) is 5.69 Å². The Labute approximate surface area is 129 Å². The molecule has 0 spiro atoms. The lowest BCUT2D eigenvalue weighted by Crippen LogP contribution is -2.46. The van der Waals surface area contributed by atoms with Gasteiger partial charge in [-0.15, -0.1) is 0 Å². The largest absolute Gasteiger partial charge is 0.474 e. The van der Waals surface area contributed by atoms with E-state index >= 15 is 0 Å². The fraction of sp³-hybridized carbons (Fsp3) is 0.533. The molecule has 1 aromatic heterocycles. The molecule has 0 atom stereocenters. The van der Waals surface area contributed by atoms with Gasteiger partial charge in [-0.2, -0.15) is 0 Å². The van der Waals surface area contributed by atoms with E-state index in [4.69, 9.17) is 4.74 Å². The van der Waals surface area contributed by atoms with Crippen LogP contribution in [-0.2, 0) is 4.74 Å². The summed E-state index contributed by atoms with van der Waals surface area (Å²) < 4.78 is 6.84. The highest BCUT2D eigenvalue weighted by Gasteiger charge is 2.22. The summed E-state index contributed by atoms with van der Waals surface area (Å²) >= 11 is 3.46. The molecule has 0 bridgehead atoms. The van der Waals surface area contributed by atoms with Crippen LogP contribution in [0, 0.1) is 0 Å².